The Morgan fingerprint density at radius 3 is 2.57 bits per heavy atom. The number of nitrogens with one attached hydrogen (secondary N) is 1. The molecule has 1 aliphatic heterocycles. The van der Waals surface area contributed by atoms with Crippen LogP contribution in [0, 0.1) is 11.8 Å². The van der Waals surface area contributed by atoms with E-state index < -0.39 is 12.7 Å². The van der Waals surface area contributed by atoms with Crippen LogP contribution in [0.3, 0.4) is 0 Å². The number of hydrogen-bond donors (Lipinski definition) is 1. The highest BCUT2D eigenvalue weighted by atomic mass is 19.4. The van der Waals surface area contributed by atoms with Crippen LogP contribution >= 0.6 is 0 Å². The molecule has 0 aromatic rings. The van der Waals surface area contributed by atoms with Gasteiger partial charge in [-0.15, -0.1) is 0 Å². The summed E-state index contributed by atoms with van der Waals surface area (Å²) in [5.74, 6) is 0.320. The predicted octanol–water partition coefficient (Wildman–Crippen LogP) is 2.05. The van der Waals surface area contributed by atoms with Crippen molar-refractivity contribution in [2.75, 3.05) is 32.8 Å². The van der Waals surface area contributed by atoms with Gasteiger partial charge < -0.3 is 10.1 Å². The minimum atomic E-state index is -4.21. The number of esters is 1. The Kier molecular flexibility index (Phi) is 6.93. The molecule has 0 amide bonds. The number of carbonyl (C=O) groups is 1. The molecule has 1 heterocycles. The highest BCUT2D eigenvalue weighted by molar-refractivity contribution is 5.71. The van der Waals surface area contributed by atoms with Crippen LogP contribution in [0.25, 0.3) is 0 Å². The van der Waals surface area contributed by atoms with Gasteiger partial charge in [0, 0.05) is 19.1 Å². The molecule has 2 unspecified atom stereocenters. The van der Waals surface area contributed by atoms with Crippen molar-refractivity contribution in [3.8, 4) is 0 Å². The fourth-order valence-corrected chi connectivity index (χ4v) is 2.64. The quantitative estimate of drug-likeness (QED) is 0.763. The average Bonchev–Trinajstić information content (AvgIpc) is 2.35. The molecule has 21 heavy (non-hydrogen) atoms. The number of piperidine rings is 1. The summed E-state index contributed by atoms with van der Waals surface area (Å²) in [4.78, 5) is 13.4. The first-order valence-electron chi connectivity index (χ1n) is 7.39. The van der Waals surface area contributed by atoms with Crippen molar-refractivity contribution in [1.29, 1.82) is 0 Å². The van der Waals surface area contributed by atoms with Crippen molar-refractivity contribution < 1.29 is 22.7 Å². The summed E-state index contributed by atoms with van der Waals surface area (Å²) in [7, 11) is 0. The van der Waals surface area contributed by atoms with Gasteiger partial charge in [-0.2, -0.15) is 13.2 Å². The van der Waals surface area contributed by atoms with Gasteiger partial charge in [-0.25, -0.2) is 0 Å². The molecule has 0 aromatic heterocycles. The topological polar surface area (TPSA) is 41.6 Å². The Balaban J connectivity index is 2.57. The zero-order valence-corrected chi connectivity index (χ0v) is 12.9. The third-order valence-electron chi connectivity index (χ3n) is 3.75. The zero-order chi connectivity index (χ0) is 16.0. The summed E-state index contributed by atoms with van der Waals surface area (Å²) in [6, 6.07) is -0.248. The SMILES string of the molecule is CCOC(=O)CN1CC(NCC(F)(F)F)CC(C(C)C)C1. The predicted molar refractivity (Wildman–Crippen MR) is 73.9 cm³/mol. The van der Waals surface area contributed by atoms with Gasteiger partial charge in [0.2, 0.25) is 0 Å². The molecule has 2 atom stereocenters. The molecule has 0 saturated carbocycles. The number of alkyl halides is 3. The summed E-state index contributed by atoms with van der Waals surface area (Å²) in [5.41, 5.74) is 0. The van der Waals surface area contributed by atoms with Crippen LogP contribution in [-0.4, -0.2) is 55.9 Å². The number of likely N-dealkylation sites (tertiary alicyclic amines) is 1. The molecule has 1 rings (SSSR count). The first-order valence-corrected chi connectivity index (χ1v) is 7.39. The summed E-state index contributed by atoms with van der Waals surface area (Å²) in [6.07, 6.45) is -3.51. The molecule has 1 saturated heterocycles. The Morgan fingerprint density at radius 2 is 2.05 bits per heavy atom. The Hall–Kier alpha value is -0.820. The Bertz CT molecular complexity index is 335. The first kappa shape index (κ1) is 18.2. The minimum Gasteiger partial charge on any atom is -0.465 e. The number of carbonyl (C=O) groups excluding carboxylic acids is 1. The molecule has 0 bridgehead atoms. The lowest BCUT2D eigenvalue weighted by atomic mass is 9.85. The van der Waals surface area contributed by atoms with Crippen molar-refractivity contribution >= 4 is 5.97 Å². The standard InChI is InChI=1S/C14H25F3N2O2/c1-4-21-13(20)8-19-6-11(10(2)3)5-12(7-19)18-9-14(15,16)17/h10-12,18H,4-9H2,1-3H3. The number of hydrogen-bond acceptors (Lipinski definition) is 4. The van der Waals surface area contributed by atoms with Crippen molar-refractivity contribution in [3.05, 3.63) is 0 Å². The third-order valence-corrected chi connectivity index (χ3v) is 3.75. The average molecular weight is 310 g/mol. The van der Waals surface area contributed by atoms with Gasteiger partial charge in [-0.1, -0.05) is 13.8 Å². The molecule has 1 N–H and O–H groups in total. The first-order chi connectivity index (χ1) is 9.71. The molecule has 0 spiro atoms. The van der Waals surface area contributed by atoms with Gasteiger partial charge in [0.25, 0.3) is 0 Å². The van der Waals surface area contributed by atoms with Crippen LogP contribution in [0.2, 0.25) is 0 Å². The number of nitrogens with zero attached hydrogens (tertiary/aromatic N) is 1. The summed E-state index contributed by atoms with van der Waals surface area (Å²) < 4.78 is 41.9. The monoisotopic (exact) mass is 310 g/mol. The van der Waals surface area contributed by atoms with Crippen molar-refractivity contribution in [1.82, 2.24) is 10.2 Å². The van der Waals surface area contributed by atoms with E-state index in [4.69, 9.17) is 4.74 Å². The highest BCUT2D eigenvalue weighted by Crippen LogP contribution is 2.24. The van der Waals surface area contributed by atoms with E-state index in [2.05, 4.69) is 19.2 Å². The largest absolute Gasteiger partial charge is 0.465 e. The van der Waals surface area contributed by atoms with Crippen LogP contribution in [0.4, 0.5) is 13.2 Å². The second kappa shape index (κ2) is 7.98. The van der Waals surface area contributed by atoms with Gasteiger partial charge >= 0.3 is 12.1 Å². The lowest BCUT2D eigenvalue weighted by Gasteiger charge is -2.39. The molecule has 7 heteroatoms. The summed E-state index contributed by atoms with van der Waals surface area (Å²) in [5, 5.41) is 2.56. The van der Waals surface area contributed by atoms with Crippen LogP contribution in [0.15, 0.2) is 0 Å². The molecule has 1 aliphatic rings. The third kappa shape index (κ3) is 7.13. The molecule has 4 nitrogen and oxygen atoms in total. The Morgan fingerprint density at radius 1 is 1.38 bits per heavy atom. The fourth-order valence-electron chi connectivity index (χ4n) is 2.64. The number of halogens is 3. The number of ether oxygens (including phenoxy) is 1. The van der Waals surface area contributed by atoms with E-state index in [1.165, 1.54) is 0 Å². The normalized spacial score (nSPS) is 24.3. The van der Waals surface area contributed by atoms with E-state index in [1.54, 1.807) is 6.92 Å². The second-order valence-electron chi connectivity index (χ2n) is 5.93. The summed E-state index contributed by atoms with van der Waals surface area (Å²) >= 11 is 0. The van der Waals surface area contributed by atoms with E-state index >= 15 is 0 Å². The van der Waals surface area contributed by atoms with Crippen molar-refractivity contribution in [2.45, 2.75) is 39.4 Å². The van der Waals surface area contributed by atoms with E-state index in [0.29, 0.717) is 25.5 Å². The number of rotatable bonds is 6. The van der Waals surface area contributed by atoms with E-state index in [9.17, 15) is 18.0 Å². The van der Waals surface area contributed by atoms with Gasteiger partial charge in [-0.3, -0.25) is 9.69 Å². The van der Waals surface area contributed by atoms with Crippen molar-refractivity contribution in [3.63, 3.8) is 0 Å². The van der Waals surface area contributed by atoms with Crippen molar-refractivity contribution in [2.24, 2.45) is 11.8 Å². The molecular formula is C14H25F3N2O2. The highest BCUT2D eigenvalue weighted by Gasteiger charge is 2.33. The van der Waals surface area contributed by atoms with E-state index in [1.807, 2.05) is 4.90 Å². The lowest BCUT2D eigenvalue weighted by Crippen LogP contribution is -2.53. The maximum Gasteiger partial charge on any atom is 0.401 e. The van der Waals surface area contributed by atoms with E-state index in [0.717, 1.165) is 6.54 Å². The molecule has 0 aliphatic carbocycles. The van der Waals surface area contributed by atoms with Gasteiger partial charge in [0.1, 0.15) is 0 Å². The second-order valence-corrected chi connectivity index (χ2v) is 5.93. The van der Waals surface area contributed by atoms with Gasteiger partial charge in [0.15, 0.2) is 0 Å². The van der Waals surface area contributed by atoms with Crippen LogP contribution < -0.4 is 5.32 Å². The molecule has 124 valence electrons. The maximum atomic E-state index is 12.3. The molecule has 0 radical (unpaired) electrons. The van der Waals surface area contributed by atoms with Gasteiger partial charge in [-0.05, 0) is 25.2 Å². The van der Waals surface area contributed by atoms with Gasteiger partial charge in [0.05, 0.1) is 19.7 Å². The fraction of sp³-hybridized carbons (Fsp3) is 0.929. The Labute approximate surface area is 124 Å². The minimum absolute atomic E-state index is 0.140. The van der Waals surface area contributed by atoms with E-state index in [-0.39, 0.29) is 24.5 Å². The van der Waals surface area contributed by atoms with Crippen LogP contribution in [-0.2, 0) is 9.53 Å². The maximum absolute atomic E-state index is 12.3. The zero-order valence-electron chi connectivity index (χ0n) is 12.9. The molecule has 1 fully saturated rings. The summed E-state index contributed by atoms with van der Waals surface area (Å²) in [6.45, 7) is 6.48. The molecular weight excluding hydrogens is 285 g/mol. The lowest BCUT2D eigenvalue weighted by molar-refractivity contribution is -0.145. The van der Waals surface area contributed by atoms with Crippen LogP contribution in [0.5, 0.6) is 0 Å². The smallest absolute Gasteiger partial charge is 0.401 e. The van der Waals surface area contributed by atoms with Crippen LogP contribution in [0.1, 0.15) is 27.2 Å². The molecule has 0 aromatic carbocycles.